The van der Waals surface area contributed by atoms with Gasteiger partial charge in [-0.05, 0) is 102 Å². The lowest BCUT2D eigenvalue weighted by Crippen LogP contribution is -2.28. The molecule has 0 aliphatic heterocycles. The molecule has 382 valence electrons. The Bertz CT molecular complexity index is 3560. The first-order valence-electron chi connectivity index (χ1n) is 23.3. The molecule has 5 N–H and O–H groups in total. The second-order valence-corrected chi connectivity index (χ2v) is 17.7. The average Bonchev–Trinajstić information content (AvgIpc) is 3.62. The van der Waals surface area contributed by atoms with E-state index in [2.05, 4.69) is 55.7 Å². The number of ether oxygens (including phenoxy) is 2. The number of carbonyl (C=O) groups excluding carboxylic acids is 2. The number of halogens is 5. The van der Waals surface area contributed by atoms with Crippen molar-refractivity contribution in [1.82, 2.24) is 59.5 Å². The Hall–Kier alpha value is -8.89. The average molecular weight is 1020 g/mol. The van der Waals surface area contributed by atoms with Crippen LogP contribution in [0, 0.1) is 32.4 Å². The van der Waals surface area contributed by atoms with Crippen LogP contribution in [0.4, 0.5) is 45.1 Å². The number of aromatic nitrogens is 10. The lowest BCUT2D eigenvalue weighted by Gasteiger charge is -2.20. The van der Waals surface area contributed by atoms with Crippen molar-refractivity contribution in [3.8, 4) is 28.9 Å². The van der Waals surface area contributed by atoms with Gasteiger partial charge in [0.2, 0.25) is 11.8 Å². The molecule has 1 aliphatic carbocycles. The van der Waals surface area contributed by atoms with Crippen LogP contribution in [0.5, 0.6) is 23.3 Å². The maximum absolute atomic E-state index is 15.3. The van der Waals surface area contributed by atoms with Gasteiger partial charge in [0, 0.05) is 95.6 Å². The number of hydrogen-bond acceptors (Lipinski definition) is 12. The number of aromatic amines is 3. The minimum absolute atomic E-state index is 0.00516. The van der Waals surface area contributed by atoms with Crippen molar-refractivity contribution < 1.29 is 41.0 Å². The molecule has 0 saturated heterocycles. The molecule has 9 aromatic rings. The zero-order valence-corrected chi connectivity index (χ0v) is 41.0. The van der Waals surface area contributed by atoms with Gasteiger partial charge in [-0.3, -0.25) is 14.7 Å². The normalized spacial score (nSPS) is 12.4. The van der Waals surface area contributed by atoms with Gasteiger partial charge < -0.3 is 44.4 Å². The molecule has 1 aliphatic rings. The second kappa shape index (κ2) is 20.3. The molecule has 18 nitrogen and oxygen atoms in total. The minimum atomic E-state index is -4.66. The second-order valence-electron chi connectivity index (χ2n) is 17.7. The van der Waals surface area contributed by atoms with Crippen molar-refractivity contribution in [2.24, 2.45) is 0 Å². The molecule has 23 heteroatoms. The number of carbonyl (C=O) groups is 2. The van der Waals surface area contributed by atoms with E-state index in [1.807, 2.05) is 19.9 Å². The summed E-state index contributed by atoms with van der Waals surface area (Å²) in [6, 6.07) is 14.8. The zero-order valence-electron chi connectivity index (χ0n) is 41.0. The van der Waals surface area contributed by atoms with E-state index in [0.717, 1.165) is 48.4 Å². The van der Waals surface area contributed by atoms with Crippen molar-refractivity contribution in [1.29, 1.82) is 0 Å². The van der Waals surface area contributed by atoms with Crippen molar-refractivity contribution in [2.45, 2.75) is 59.6 Å². The number of fused-ring (bicyclic) bond motifs is 2. The third kappa shape index (κ3) is 10.5. The Morgan fingerprint density at radius 2 is 1.27 bits per heavy atom. The molecule has 3 aromatic carbocycles. The van der Waals surface area contributed by atoms with Crippen LogP contribution < -0.4 is 20.1 Å². The molecule has 0 atom stereocenters. The summed E-state index contributed by atoms with van der Waals surface area (Å²) in [6.45, 7) is 9.70. The predicted octanol–water partition coefficient (Wildman–Crippen LogP) is 11.2. The van der Waals surface area contributed by atoms with Crippen LogP contribution >= 0.6 is 0 Å². The number of nitrogens with one attached hydrogen (secondary N) is 5. The SMILES string of the molecule is CCN(C)C(=O)c1c(Nc2cc(-n3cnc(C)c3)cc(C(F)(F)F)c2)ncnc1Oc1ccc2[nH]c(C)cc2c1F.CCN(C)C(=O)c1c(Nc2cc(C3CC3)[nH]n2)ncnc1Oc1ccc2[nH]c(C)cc2c1F. The van der Waals surface area contributed by atoms with Crippen molar-refractivity contribution in [2.75, 3.05) is 37.8 Å². The molecule has 0 unspecified atom stereocenters. The van der Waals surface area contributed by atoms with Gasteiger partial charge in [0.05, 0.1) is 17.6 Å². The van der Waals surface area contributed by atoms with E-state index in [-0.39, 0.29) is 68.7 Å². The largest absolute Gasteiger partial charge is 0.435 e. The fraction of sp³-hybridized carbons (Fsp3) is 0.255. The standard InChI is InChI=1S/C28H25F4N7O2.C23H24FN7O2/c1-5-38(4)27(40)23-25(33-13-34-26(23)41-22-7-6-21-20(24(22)29)8-15(2)36-21)37-18-9-17(28(30,31)32)10-19(11-18)39-12-16(3)35-14-39;1-4-31(3)23(32)19-21(28-18-10-16(29-30-18)13-5-6-13)25-11-26-22(19)33-17-8-7-15-14(20(17)24)9-12(2)27-15/h6-14,36H,5H2,1-4H3,(H,33,34,37);7-11,13,27H,4-6H2,1-3H3,(H2,25,26,28,29,30). The van der Waals surface area contributed by atoms with Gasteiger partial charge >= 0.3 is 6.18 Å². The van der Waals surface area contributed by atoms with E-state index in [4.69, 9.17) is 9.47 Å². The first-order valence-corrected chi connectivity index (χ1v) is 23.3. The first kappa shape index (κ1) is 50.1. The topological polar surface area (TPSA) is 213 Å². The molecule has 74 heavy (non-hydrogen) atoms. The Morgan fingerprint density at radius 3 is 1.76 bits per heavy atom. The smallest absolute Gasteiger partial charge is 0.416 e. The number of alkyl halides is 3. The third-order valence-corrected chi connectivity index (χ3v) is 12.2. The van der Waals surface area contributed by atoms with E-state index in [9.17, 15) is 22.8 Å². The summed E-state index contributed by atoms with van der Waals surface area (Å²) >= 11 is 0. The summed E-state index contributed by atoms with van der Waals surface area (Å²) in [5.41, 5.74) is 3.63. The number of imidazole rings is 1. The van der Waals surface area contributed by atoms with Crippen molar-refractivity contribution in [3.05, 3.63) is 137 Å². The summed E-state index contributed by atoms with van der Waals surface area (Å²) in [6.07, 6.45) is 2.93. The van der Waals surface area contributed by atoms with Gasteiger partial charge in [0.25, 0.3) is 11.8 Å². The Morgan fingerprint density at radius 1 is 0.730 bits per heavy atom. The minimum Gasteiger partial charge on any atom is -0.435 e. The number of H-pyrrole nitrogens is 3. The quantitative estimate of drug-likeness (QED) is 0.0644. The summed E-state index contributed by atoms with van der Waals surface area (Å²) < 4.78 is 85.0. The molecule has 6 heterocycles. The van der Waals surface area contributed by atoms with Crippen LogP contribution in [0.2, 0.25) is 0 Å². The lowest BCUT2D eigenvalue weighted by atomic mass is 10.1. The Balaban J connectivity index is 0.000000186. The van der Waals surface area contributed by atoms with E-state index in [1.54, 1.807) is 58.3 Å². The number of anilines is 4. The molecular weight excluding hydrogens is 968 g/mol. The molecule has 10 rings (SSSR count). The molecule has 6 aromatic heterocycles. The fourth-order valence-corrected chi connectivity index (χ4v) is 7.90. The van der Waals surface area contributed by atoms with Crippen LogP contribution in [-0.2, 0) is 6.18 Å². The van der Waals surface area contributed by atoms with E-state index in [1.165, 1.54) is 52.3 Å². The van der Waals surface area contributed by atoms with Gasteiger partial charge in [-0.25, -0.2) is 33.7 Å². The van der Waals surface area contributed by atoms with Crippen LogP contribution in [0.3, 0.4) is 0 Å². The Labute approximate surface area is 419 Å². The number of rotatable bonds is 14. The van der Waals surface area contributed by atoms with Gasteiger partial charge in [-0.2, -0.15) is 18.3 Å². The summed E-state index contributed by atoms with van der Waals surface area (Å²) in [4.78, 5) is 56.4. The van der Waals surface area contributed by atoms with Crippen LogP contribution in [0.15, 0.2) is 85.8 Å². The van der Waals surface area contributed by atoms with Gasteiger partial charge in [-0.1, -0.05) is 0 Å². The number of amides is 2. The lowest BCUT2D eigenvalue weighted by molar-refractivity contribution is -0.137. The Kier molecular flexibility index (Phi) is 13.7. The van der Waals surface area contributed by atoms with E-state index in [0.29, 0.717) is 46.9 Å². The molecule has 1 saturated carbocycles. The highest BCUT2D eigenvalue weighted by atomic mass is 19.4. The summed E-state index contributed by atoms with van der Waals surface area (Å²) in [5.74, 6) is -1.52. The third-order valence-electron chi connectivity index (χ3n) is 12.2. The highest BCUT2D eigenvalue weighted by molar-refractivity contribution is 6.02. The van der Waals surface area contributed by atoms with Crippen LogP contribution in [0.1, 0.15) is 81.7 Å². The molecule has 2 amide bonds. The molecular formula is C51H49F5N14O4. The van der Waals surface area contributed by atoms with Gasteiger partial charge in [-0.15, -0.1) is 0 Å². The van der Waals surface area contributed by atoms with E-state index < -0.39 is 29.3 Å². The molecule has 0 bridgehead atoms. The maximum Gasteiger partial charge on any atom is 0.416 e. The van der Waals surface area contributed by atoms with Crippen molar-refractivity contribution >= 4 is 56.8 Å². The summed E-state index contributed by atoms with van der Waals surface area (Å²) in [5, 5.41) is 13.9. The van der Waals surface area contributed by atoms with Gasteiger partial charge in [0.15, 0.2) is 40.6 Å². The predicted molar refractivity (Wildman–Crippen MR) is 266 cm³/mol. The van der Waals surface area contributed by atoms with Crippen molar-refractivity contribution in [3.63, 3.8) is 0 Å². The van der Waals surface area contributed by atoms with E-state index >= 15 is 8.78 Å². The number of hydrogen-bond donors (Lipinski definition) is 5. The first-order chi connectivity index (χ1) is 35.4. The summed E-state index contributed by atoms with van der Waals surface area (Å²) in [7, 11) is 3.19. The van der Waals surface area contributed by atoms with Crippen LogP contribution in [0.25, 0.3) is 27.5 Å². The van der Waals surface area contributed by atoms with Crippen LogP contribution in [-0.4, -0.2) is 98.5 Å². The maximum atomic E-state index is 15.3. The fourth-order valence-electron chi connectivity index (χ4n) is 7.90. The highest BCUT2D eigenvalue weighted by Crippen LogP contribution is 2.41. The number of benzene rings is 3. The molecule has 0 radical (unpaired) electrons. The van der Waals surface area contributed by atoms with Gasteiger partial charge in [0.1, 0.15) is 23.8 Å². The zero-order chi connectivity index (χ0) is 52.6. The highest BCUT2D eigenvalue weighted by Gasteiger charge is 2.33. The number of aryl methyl sites for hydroxylation is 3. The number of nitrogens with zero attached hydrogens (tertiary/aromatic N) is 9. The molecule has 0 spiro atoms. The molecule has 1 fully saturated rings. The monoisotopic (exact) mass is 1020 g/mol.